The third-order valence-corrected chi connectivity index (χ3v) is 2.06. The van der Waals surface area contributed by atoms with Crippen molar-refractivity contribution in [1.29, 1.82) is 0 Å². The Labute approximate surface area is 98.9 Å². The van der Waals surface area contributed by atoms with Gasteiger partial charge in [0, 0.05) is 11.8 Å². The van der Waals surface area contributed by atoms with Crippen LogP contribution in [0.15, 0.2) is 11.2 Å². The molecule has 3 N–H and O–H groups in total. The van der Waals surface area contributed by atoms with Crippen LogP contribution in [0.2, 0.25) is 0 Å². The van der Waals surface area contributed by atoms with Crippen LogP contribution in [-0.4, -0.2) is 33.8 Å². The van der Waals surface area contributed by atoms with Crippen molar-refractivity contribution in [2.75, 3.05) is 6.61 Å². The molecule has 1 heterocycles. The van der Waals surface area contributed by atoms with Crippen LogP contribution in [0, 0.1) is 0 Å². The summed E-state index contributed by atoms with van der Waals surface area (Å²) in [6.07, 6.45) is 2.35. The lowest BCUT2D eigenvalue weighted by Crippen LogP contribution is -2.23. The van der Waals surface area contributed by atoms with Crippen molar-refractivity contribution >= 4 is 17.6 Å². The van der Waals surface area contributed by atoms with E-state index in [-0.39, 0.29) is 12.3 Å². The van der Waals surface area contributed by atoms with Crippen molar-refractivity contribution in [2.45, 2.75) is 26.7 Å². The van der Waals surface area contributed by atoms with Crippen LogP contribution in [0.1, 0.15) is 25.8 Å². The number of aromatic nitrogens is 2. The number of carbonyl (C=O) groups is 1. The standard InChI is InChI=1S/C10H16N4O3/c1-3-7-6-11-13-10(7)12-8(14-16)5-9(15)17-4-2/h6,16H,3-5H2,1-2H3,(H2,11,12,13,14). The number of rotatable bonds is 5. The number of nitrogens with zero attached hydrogens (tertiary/aromatic N) is 2. The van der Waals surface area contributed by atoms with E-state index < -0.39 is 5.97 Å². The number of H-pyrrole nitrogens is 1. The van der Waals surface area contributed by atoms with E-state index in [1.54, 1.807) is 13.1 Å². The lowest BCUT2D eigenvalue weighted by atomic mass is 10.2. The zero-order chi connectivity index (χ0) is 12.7. The quantitative estimate of drug-likeness (QED) is 0.308. The third-order valence-electron chi connectivity index (χ3n) is 2.06. The van der Waals surface area contributed by atoms with Gasteiger partial charge in [0.2, 0.25) is 0 Å². The van der Waals surface area contributed by atoms with Crippen LogP contribution >= 0.6 is 0 Å². The molecule has 0 fully saturated rings. The first-order valence-electron chi connectivity index (χ1n) is 5.37. The van der Waals surface area contributed by atoms with E-state index >= 15 is 0 Å². The van der Waals surface area contributed by atoms with E-state index in [0.717, 1.165) is 12.0 Å². The predicted octanol–water partition coefficient (Wildman–Crippen LogP) is 0.934. The van der Waals surface area contributed by atoms with Gasteiger partial charge in [-0.2, -0.15) is 5.10 Å². The molecule has 0 radical (unpaired) electrons. The number of hydrogen-bond donors (Lipinski definition) is 3. The summed E-state index contributed by atoms with van der Waals surface area (Å²) in [4.78, 5) is 15.3. The van der Waals surface area contributed by atoms with Gasteiger partial charge in [-0.3, -0.25) is 20.6 Å². The topological polar surface area (TPSA) is 99.6 Å². The van der Waals surface area contributed by atoms with Crippen molar-refractivity contribution in [3.8, 4) is 0 Å². The number of nitrogens with one attached hydrogen (secondary N) is 2. The zero-order valence-electron chi connectivity index (χ0n) is 9.86. The normalized spacial score (nSPS) is 11.4. The highest BCUT2D eigenvalue weighted by Crippen LogP contribution is 2.15. The number of hydroxylamine groups is 1. The highest BCUT2D eigenvalue weighted by Gasteiger charge is 2.10. The minimum atomic E-state index is -0.457. The van der Waals surface area contributed by atoms with Crippen LogP contribution < -0.4 is 5.48 Å². The van der Waals surface area contributed by atoms with E-state index in [2.05, 4.69) is 15.2 Å². The fraction of sp³-hybridized carbons (Fsp3) is 0.500. The van der Waals surface area contributed by atoms with Gasteiger partial charge >= 0.3 is 5.97 Å². The van der Waals surface area contributed by atoms with Gasteiger partial charge in [0.15, 0.2) is 5.82 Å². The Bertz CT molecular complexity index is 400. The SMILES string of the molecule is CCOC(=O)CC(=Nc1n[nH]cc1CC)NO. The molecule has 0 saturated heterocycles. The molecule has 1 aromatic rings. The minimum absolute atomic E-state index is 0.102. The Balaban J connectivity index is 2.76. The summed E-state index contributed by atoms with van der Waals surface area (Å²) in [5.41, 5.74) is 2.78. The first-order chi connectivity index (χ1) is 8.21. The predicted molar refractivity (Wildman–Crippen MR) is 61.2 cm³/mol. The lowest BCUT2D eigenvalue weighted by molar-refractivity contribution is -0.141. The Morgan fingerprint density at radius 1 is 1.65 bits per heavy atom. The molecule has 7 nitrogen and oxygen atoms in total. The Hall–Kier alpha value is -1.89. The Kier molecular flexibility index (Phi) is 5.15. The van der Waals surface area contributed by atoms with Gasteiger partial charge in [-0.15, -0.1) is 0 Å². The fourth-order valence-electron chi connectivity index (χ4n) is 1.25. The fourth-order valence-corrected chi connectivity index (χ4v) is 1.25. The summed E-state index contributed by atoms with van der Waals surface area (Å²) in [7, 11) is 0. The molecule has 0 amide bonds. The van der Waals surface area contributed by atoms with Crippen molar-refractivity contribution < 1.29 is 14.7 Å². The molecule has 0 aliphatic carbocycles. The number of hydrogen-bond acceptors (Lipinski definition) is 5. The van der Waals surface area contributed by atoms with Gasteiger partial charge in [-0.1, -0.05) is 6.92 Å². The van der Waals surface area contributed by atoms with Gasteiger partial charge in [-0.05, 0) is 13.3 Å². The van der Waals surface area contributed by atoms with Crippen LogP contribution in [0.5, 0.6) is 0 Å². The van der Waals surface area contributed by atoms with Crippen molar-refractivity contribution in [3.05, 3.63) is 11.8 Å². The van der Waals surface area contributed by atoms with Gasteiger partial charge in [0.1, 0.15) is 12.3 Å². The summed E-state index contributed by atoms with van der Waals surface area (Å²) in [6, 6.07) is 0. The number of esters is 1. The highest BCUT2D eigenvalue weighted by atomic mass is 16.5. The van der Waals surface area contributed by atoms with E-state index in [9.17, 15) is 4.79 Å². The van der Waals surface area contributed by atoms with Gasteiger partial charge in [0.25, 0.3) is 0 Å². The van der Waals surface area contributed by atoms with Crippen LogP contribution in [-0.2, 0) is 16.0 Å². The smallest absolute Gasteiger partial charge is 0.313 e. The molecule has 0 aromatic carbocycles. The third kappa shape index (κ3) is 3.87. The molecule has 0 unspecified atom stereocenters. The summed E-state index contributed by atoms with van der Waals surface area (Å²) >= 11 is 0. The minimum Gasteiger partial charge on any atom is -0.466 e. The molecule has 0 spiro atoms. The summed E-state index contributed by atoms with van der Waals surface area (Å²) in [6.45, 7) is 3.96. The number of aromatic amines is 1. The second kappa shape index (κ2) is 6.64. The lowest BCUT2D eigenvalue weighted by Gasteiger charge is -2.04. The number of aryl methyl sites for hydroxylation is 1. The molecule has 0 aliphatic rings. The zero-order valence-corrected chi connectivity index (χ0v) is 9.86. The second-order valence-electron chi connectivity index (χ2n) is 3.24. The van der Waals surface area contributed by atoms with Gasteiger partial charge in [0.05, 0.1) is 6.61 Å². The van der Waals surface area contributed by atoms with E-state index in [1.165, 1.54) is 0 Å². The molecule has 1 aromatic heterocycles. The van der Waals surface area contributed by atoms with E-state index in [4.69, 9.17) is 9.94 Å². The molecule has 1 rings (SSSR count). The maximum atomic E-state index is 11.2. The van der Waals surface area contributed by atoms with Gasteiger partial charge < -0.3 is 4.74 Å². The summed E-state index contributed by atoms with van der Waals surface area (Å²) < 4.78 is 4.75. The largest absolute Gasteiger partial charge is 0.466 e. The average molecular weight is 240 g/mol. The maximum absolute atomic E-state index is 11.2. The highest BCUT2D eigenvalue weighted by molar-refractivity contribution is 5.98. The summed E-state index contributed by atoms with van der Waals surface area (Å²) in [5, 5.41) is 15.5. The van der Waals surface area contributed by atoms with Gasteiger partial charge in [-0.25, -0.2) is 4.99 Å². The number of carbonyl (C=O) groups excluding carboxylic acids is 1. The van der Waals surface area contributed by atoms with E-state index in [1.807, 2.05) is 12.4 Å². The molecular weight excluding hydrogens is 224 g/mol. The molecule has 94 valence electrons. The van der Waals surface area contributed by atoms with Crippen molar-refractivity contribution in [2.24, 2.45) is 4.99 Å². The summed E-state index contributed by atoms with van der Waals surface area (Å²) in [5.74, 6) is 0.0972. The Morgan fingerprint density at radius 2 is 2.41 bits per heavy atom. The molecule has 0 atom stereocenters. The first-order valence-corrected chi connectivity index (χ1v) is 5.37. The number of ether oxygens (including phenoxy) is 1. The average Bonchev–Trinajstić information content (AvgIpc) is 2.75. The second-order valence-corrected chi connectivity index (χ2v) is 3.24. The van der Waals surface area contributed by atoms with Crippen molar-refractivity contribution in [3.63, 3.8) is 0 Å². The number of amidine groups is 1. The van der Waals surface area contributed by atoms with Crippen molar-refractivity contribution in [1.82, 2.24) is 15.7 Å². The molecule has 0 aliphatic heterocycles. The van der Waals surface area contributed by atoms with Crippen LogP contribution in [0.25, 0.3) is 0 Å². The maximum Gasteiger partial charge on any atom is 0.313 e. The first kappa shape index (κ1) is 13.2. The molecule has 0 saturated carbocycles. The molecule has 17 heavy (non-hydrogen) atoms. The van der Waals surface area contributed by atoms with Crippen LogP contribution in [0.4, 0.5) is 5.82 Å². The Morgan fingerprint density at radius 3 is 3.00 bits per heavy atom. The monoisotopic (exact) mass is 240 g/mol. The van der Waals surface area contributed by atoms with E-state index in [0.29, 0.717) is 12.4 Å². The number of aliphatic imine (C=N–C) groups is 1. The van der Waals surface area contributed by atoms with Crippen LogP contribution in [0.3, 0.4) is 0 Å². The molecule has 0 bridgehead atoms. The molecular formula is C10H16N4O3. The molecule has 7 heteroatoms.